The first-order valence-corrected chi connectivity index (χ1v) is 10.7. The lowest BCUT2D eigenvalue weighted by molar-refractivity contribution is 1.06. The Morgan fingerprint density at radius 1 is 0.933 bits per heavy atom. The van der Waals surface area contributed by atoms with Crippen molar-refractivity contribution in [1.29, 1.82) is 0 Å². The fourth-order valence-electron chi connectivity index (χ4n) is 4.26. The molecule has 30 heavy (non-hydrogen) atoms. The maximum atomic E-state index is 4.73. The third-order valence-corrected chi connectivity index (χ3v) is 6.83. The summed E-state index contributed by atoms with van der Waals surface area (Å²) in [6, 6.07) is 17.4. The number of imidazole rings is 1. The molecule has 3 aromatic heterocycles. The van der Waals surface area contributed by atoms with Crippen LogP contribution in [0, 0.1) is 13.8 Å². The Morgan fingerprint density at radius 2 is 1.87 bits per heavy atom. The molecule has 0 amide bonds. The van der Waals surface area contributed by atoms with Crippen molar-refractivity contribution >= 4 is 42.4 Å². The van der Waals surface area contributed by atoms with Crippen molar-refractivity contribution in [3.63, 3.8) is 0 Å². The van der Waals surface area contributed by atoms with Gasteiger partial charge in [0, 0.05) is 49.2 Å². The average molecular weight is 407 g/mol. The summed E-state index contributed by atoms with van der Waals surface area (Å²) in [5, 5.41) is 3.72. The molecule has 0 aliphatic heterocycles. The van der Waals surface area contributed by atoms with Gasteiger partial charge in [0.1, 0.15) is 6.33 Å². The van der Waals surface area contributed by atoms with E-state index >= 15 is 0 Å². The molecule has 0 N–H and O–H groups in total. The van der Waals surface area contributed by atoms with Crippen molar-refractivity contribution in [2.75, 3.05) is 0 Å². The quantitative estimate of drug-likeness (QED) is 0.331. The molecule has 0 aliphatic rings. The molecular weight excluding hydrogens is 388 g/mol. The predicted molar refractivity (Wildman–Crippen MR) is 124 cm³/mol. The number of benzene rings is 3. The van der Waals surface area contributed by atoms with E-state index in [1.54, 1.807) is 18.9 Å². The zero-order chi connectivity index (χ0) is 20.2. The number of rotatable bonds is 2. The molecular formula is C25H18N4S. The Morgan fingerprint density at radius 3 is 2.73 bits per heavy atom. The molecule has 0 radical (unpaired) electrons. The number of hydrogen-bond donors (Lipinski definition) is 0. The summed E-state index contributed by atoms with van der Waals surface area (Å²) in [6.07, 6.45) is 7.18. The Balaban J connectivity index is 1.66. The van der Waals surface area contributed by atoms with E-state index < -0.39 is 0 Å². The highest BCUT2D eigenvalue weighted by atomic mass is 32.1. The van der Waals surface area contributed by atoms with E-state index in [1.165, 1.54) is 36.9 Å². The van der Waals surface area contributed by atoms with Gasteiger partial charge >= 0.3 is 0 Å². The highest BCUT2D eigenvalue weighted by Gasteiger charge is 2.16. The Bertz CT molecular complexity index is 1560. The third kappa shape index (κ3) is 2.56. The van der Waals surface area contributed by atoms with E-state index in [0.717, 1.165) is 22.3 Å². The molecule has 0 bridgehead atoms. The first kappa shape index (κ1) is 17.3. The van der Waals surface area contributed by atoms with Crippen LogP contribution in [-0.4, -0.2) is 19.5 Å². The molecule has 3 heterocycles. The summed E-state index contributed by atoms with van der Waals surface area (Å²) >= 11 is 1.84. The van der Waals surface area contributed by atoms with Crippen LogP contribution in [0.4, 0.5) is 0 Å². The van der Waals surface area contributed by atoms with Crippen LogP contribution in [-0.2, 0) is 0 Å². The largest absolute Gasteiger partial charge is 0.306 e. The van der Waals surface area contributed by atoms with Crippen molar-refractivity contribution in [3.05, 3.63) is 84.7 Å². The maximum absolute atomic E-state index is 4.73. The first-order chi connectivity index (χ1) is 14.7. The van der Waals surface area contributed by atoms with Crippen LogP contribution in [0.3, 0.4) is 0 Å². The van der Waals surface area contributed by atoms with Crippen molar-refractivity contribution < 1.29 is 0 Å². The number of fused-ring (bicyclic) bond motifs is 4. The fraction of sp³-hybridized carbons (Fsp3) is 0.0800. The van der Waals surface area contributed by atoms with Crippen LogP contribution in [0.25, 0.3) is 48.0 Å². The van der Waals surface area contributed by atoms with Gasteiger partial charge < -0.3 is 4.57 Å². The SMILES string of the molecule is Cc1cc(-c2ncnc3cc(-n4ccnc4)ccc23)c2sc3cccc(C)c3c2c1. The lowest BCUT2D eigenvalue weighted by atomic mass is 9.99. The molecule has 6 rings (SSSR count). The van der Waals surface area contributed by atoms with Crippen LogP contribution in [0.1, 0.15) is 11.1 Å². The van der Waals surface area contributed by atoms with Gasteiger partial charge in [0.15, 0.2) is 0 Å². The van der Waals surface area contributed by atoms with Crippen LogP contribution in [0.5, 0.6) is 0 Å². The predicted octanol–water partition coefficient (Wildman–Crippen LogP) is 6.47. The molecule has 0 aliphatic carbocycles. The Kier molecular flexibility index (Phi) is 3.73. The van der Waals surface area contributed by atoms with Crippen LogP contribution in [0.15, 0.2) is 73.6 Å². The van der Waals surface area contributed by atoms with Gasteiger partial charge in [-0.1, -0.05) is 12.1 Å². The summed E-state index contributed by atoms with van der Waals surface area (Å²) in [5.74, 6) is 0. The molecule has 144 valence electrons. The van der Waals surface area contributed by atoms with E-state index in [1.807, 2.05) is 22.1 Å². The van der Waals surface area contributed by atoms with Crippen molar-refractivity contribution in [1.82, 2.24) is 19.5 Å². The van der Waals surface area contributed by atoms with Gasteiger partial charge in [0.2, 0.25) is 0 Å². The topological polar surface area (TPSA) is 43.6 Å². The van der Waals surface area contributed by atoms with Crippen LogP contribution >= 0.6 is 11.3 Å². The molecule has 0 saturated carbocycles. The molecule has 0 unspecified atom stereocenters. The molecule has 0 spiro atoms. The first-order valence-electron chi connectivity index (χ1n) is 9.85. The zero-order valence-electron chi connectivity index (χ0n) is 16.6. The zero-order valence-corrected chi connectivity index (χ0v) is 17.4. The fourth-order valence-corrected chi connectivity index (χ4v) is 5.53. The van der Waals surface area contributed by atoms with Crippen LogP contribution < -0.4 is 0 Å². The van der Waals surface area contributed by atoms with E-state index in [9.17, 15) is 0 Å². The minimum Gasteiger partial charge on any atom is -0.306 e. The Labute approximate surface area is 177 Å². The number of aromatic nitrogens is 4. The molecule has 5 heteroatoms. The van der Waals surface area contributed by atoms with Gasteiger partial charge in [-0.3, -0.25) is 0 Å². The maximum Gasteiger partial charge on any atom is 0.116 e. The Hall–Kier alpha value is -3.57. The second-order valence-corrected chi connectivity index (χ2v) is 8.69. The highest BCUT2D eigenvalue weighted by molar-refractivity contribution is 7.26. The smallest absolute Gasteiger partial charge is 0.116 e. The summed E-state index contributed by atoms with van der Waals surface area (Å²) in [7, 11) is 0. The summed E-state index contributed by atoms with van der Waals surface area (Å²) < 4.78 is 4.59. The summed E-state index contributed by atoms with van der Waals surface area (Å²) in [5.41, 5.74) is 6.67. The van der Waals surface area contributed by atoms with Crippen molar-refractivity contribution in [2.24, 2.45) is 0 Å². The van der Waals surface area contributed by atoms with Gasteiger partial charge in [0.25, 0.3) is 0 Å². The third-order valence-electron chi connectivity index (χ3n) is 5.63. The van der Waals surface area contributed by atoms with Gasteiger partial charge in [-0.05, 0) is 61.4 Å². The van der Waals surface area contributed by atoms with Crippen LogP contribution in [0.2, 0.25) is 0 Å². The molecule has 0 fully saturated rings. The van der Waals surface area contributed by atoms with Gasteiger partial charge in [0.05, 0.1) is 17.5 Å². The van der Waals surface area contributed by atoms with E-state index in [0.29, 0.717) is 0 Å². The lowest BCUT2D eigenvalue weighted by Gasteiger charge is -2.10. The molecule has 0 saturated heterocycles. The standard InChI is InChI=1S/C25H18N4S/c1-15-10-19-23-16(2)4-3-5-22(23)30-25(19)20(11-15)24-18-7-6-17(29-9-8-26-14-29)12-21(18)27-13-28-24/h3-14H,1-2H3. The number of thiophene rings is 1. The molecule has 4 nitrogen and oxygen atoms in total. The van der Waals surface area contributed by atoms with Gasteiger partial charge in [-0.25, -0.2) is 15.0 Å². The second-order valence-electron chi connectivity index (χ2n) is 7.63. The lowest BCUT2D eigenvalue weighted by Crippen LogP contribution is -1.94. The molecule has 3 aromatic carbocycles. The second kappa shape index (κ2) is 6.47. The minimum absolute atomic E-state index is 0.929. The van der Waals surface area contributed by atoms with Gasteiger partial charge in [-0.15, -0.1) is 11.3 Å². The highest BCUT2D eigenvalue weighted by Crippen LogP contribution is 2.42. The summed E-state index contributed by atoms with van der Waals surface area (Å²) in [4.78, 5) is 13.4. The van der Waals surface area contributed by atoms with Crippen molar-refractivity contribution in [2.45, 2.75) is 13.8 Å². The number of hydrogen-bond acceptors (Lipinski definition) is 4. The minimum atomic E-state index is 0.929. The van der Waals surface area contributed by atoms with Crippen molar-refractivity contribution in [3.8, 4) is 16.9 Å². The molecule has 6 aromatic rings. The molecule has 0 atom stereocenters. The number of aryl methyl sites for hydroxylation is 2. The number of nitrogens with zero attached hydrogens (tertiary/aromatic N) is 4. The van der Waals surface area contributed by atoms with E-state index in [4.69, 9.17) is 4.98 Å². The van der Waals surface area contributed by atoms with Gasteiger partial charge in [-0.2, -0.15) is 0 Å². The normalized spacial score (nSPS) is 11.7. The van der Waals surface area contributed by atoms with E-state index in [2.05, 4.69) is 72.3 Å². The van der Waals surface area contributed by atoms with E-state index in [-0.39, 0.29) is 0 Å². The average Bonchev–Trinajstić information content (AvgIpc) is 3.41. The summed E-state index contributed by atoms with van der Waals surface area (Å²) in [6.45, 7) is 4.35. The monoisotopic (exact) mass is 406 g/mol.